The van der Waals surface area contributed by atoms with E-state index in [4.69, 9.17) is 0 Å². The number of hydrogen-bond acceptors (Lipinski definition) is 7. The molecule has 1 aliphatic rings. The van der Waals surface area contributed by atoms with Gasteiger partial charge in [-0.1, -0.05) is 24.6 Å². The lowest BCUT2D eigenvalue weighted by atomic mass is 10.1. The number of carbonyl (C=O) groups excluding carboxylic acids is 1. The number of nitrogens with one attached hydrogen (secondary N) is 1. The van der Waals surface area contributed by atoms with E-state index >= 15 is 0 Å². The fourth-order valence-electron chi connectivity index (χ4n) is 3.67. The molecule has 154 valence electrons. The molecule has 1 aromatic carbocycles. The highest BCUT2D eigenvalue weighted by atomic mass is 32.2. The van der Waals surface area contributed by atoms with Crippen LogP contribution in [0.25, 0.3) is 16.2 Å². The maximum Gasteiger partial charge on any atom is 0.236 e. The summed E-state index contributed by atoms with van der Waals surface area (Å²) in [5.74, 6) is 0.241. The van der Waals surface area contributed by atoms with E-state index in [1.165, 1.54) is 48.1 Å². The van der Waals surface area contributed by atoms with E-state index in [0.717, 1.165) is 23.4 Å². The molecule has 1 amide bonds. The summed E-state index contributed by atoms with van der Waals surface area (Å²) in [5.41, 5.74) is 1.34. The van der Waals surface area contributed by atoms with Gasteiger partial charge in [-0.25, -0.2) is 14.1 Å². The van der Waals surface area contributed by atoms with Crippen molar-refractivity contribution in [3.8, 4) is 11.3 Å². The highest BCUT2D eigenvalue weighted by Gasteiger charge is 2.23. The van der Waals surface area contributed by atoms with Gasteiger partial charge in [0.2, 0.25) is 11.1 Å². The van der Waals surface area contributed by atoms with E-state index in [2.05, 4.69) is 25.8 Å². The summed E-state index contributed by atoms with van der Waals surface area (Å²) >= 11 is 2.79. The Bertz CT molecular complexity index is 1180. The molecule has 3 heterocycles. The highest BCUT2D eigenvalue weighted by molar-refractivity contribution is 7.99. The van der Waals surface area contributed by atoms with Gasteiger partial charge in [-0.15, -0.1) is 16.4 Å². The first kappa shape index (κ1) is 19.2. The van der Waals surface area contributed by atoms with Crippen LogP contribution in [0, 0.1) is 5.82 Å². The monoisotopic (exact) mass is 443 g/mol. The Morgan fingerprint density at radius 1 is 1.27 bits per heavy atom. The Morgan fingerprint density at radius 2 is 2.07 bits per heavy atom. The Kier molecular flexibility index (Phi) is 5.21. The van der Waals surface area contributed by atoms with Crippen LogP contribution in [-0.4, -0.2) is 41.3 Å². The maximum atomic E-state index is 13.3. The summed E-state index contributed by atoms with van der Waals surface area (Å²) < 4.78 is 17.0. The van der Waals surface area contributed by atoms with Crippen LogP contribution < -0.4 is 5.32 Å². The van der Waals surface area contributed by atoms with Crippen LogP contribution in [0.4, 0.5) is 10.2 Å². The smallest absolute Gasteiger partial charge is 0.236 e. The molecule has 5 rings (SSSR count). The summed E-state index contributed by atoms with van der Waals surface area (Å²) in [6.07, 6.45) is 6.34. The number of imidazole rings is 1. The Hall–Kier alpha value is -2.79. The molecule has 1 saturated carbocycles. The van der Waals surface area contributed by atoms with E-state index in [1.54, 1.807) is 12.1 Å². The van der Waals surface area contributed by atoms with E-state index in [-0.39, 0.29) is 17.5 Å². The number of rotatable bonds is 6. The third-order valence-corrected chi connectivity index (χ3v) is 6.79. The number of fused-ring (bicyclic) bond motifs is 1. The summed E-state index contributed by atoms with van der Waals surface area (Å²) in [6, 6.07) is 6.39. The second-order valence-corrected chi connectivity index (χ2v) is 8.87. The number of tetrazole rings is 1. The number of aromatic nitrogens is 6. The molecule has 0 radical (unpaired) electrons. The van der Waals surface area contributed by atoms with E-state index in [0.29, 0.717) is 22.7 Å². The Labute approximate surface area is 179 Å². The van der Waals surface area contributed by atoms with Crippen LogP contribution in [0.1, 0.15) is 31.7 Å². The van der Waals surface area contributed by atoms with Gasteiger partial charge in [-0.3, -0.25) is 9.20 Å². The summed E-state index contributed by atoms with van der Waals surface area (Å²) in [4.78, 5) is 18.1. The van der Waals surface area contributed by atoms with Crippen molar-refractivity contribution in [2.75, 3.05) is 11.1 Å². The zero-order chi connectivity index (χ0) is 20.5. The molecule has 0 unspecified atom stereocenters. The lowest BCUT2D eigenvalue weighted by Gasteiger charge is -2.11. The normalized spacial score (nSPS) is 14.6. The van der Waals surface area contributed by atoms with Crippen molar-refractivity contribution >= 4 is 39.8 Å². The van der Waals surface area contributed by atoms with Gasteiger partial charge in [-0.2, -0.15) is 0 Å². The van der Waals surface area contributed by atoms with Gasteiger partial charge in [-0.05, 0) is 47.5 Å². The number of thioether (sulfide) groups is 1. The average Bonchev–Trinajstić information content (AvgIpc) is 3.52. The number of carbonyl (C=O) groups is 1. The molecule has 11 heteroatoms. The third-order valence-electron chi connectivity index (χ3n) is 5.10. The minimum Gasteiger partial charge on any atom is -0.309 e. The van der Waals surface area contributed by atoms with Crippen LogP contribution in [0.5, 0.6) is 0 Å². The van der Waals surface area contributed by atoms with Crippen LogP contribution in [0.3, 0.4) is 0 Å². The van der Waals surface area contributed by atoms with Crippen molar-refractivity contribution in [3.05, 3.63) is 41.7 Å². The minimum absolute atomic E-state index is 0.174. The van der Waals surface area contributed by atoms with E-state index < -0.39 is 0 Å². The van der Waals surface area contributed by atoms with Crippen LogP contribution in [0.15, 0.2) is 41.0 Å². The lowest BCUT2D eigenvalue weighted by Crippen LogP contribution is -2.17. The highest BCUT2D eigenvalue weighted by Crippen LogP contribution is 2.33. The molecular formula is C19H18FN7OS2. The number of thiazole rings is 1. The molecule has 4 aromatic rings. The summed E-state index contributed by atoms with van der Waals surface area (Å²) in [6.45, 7) is 0. The predicted octanol–water partition coefficient (Wildman–Crippen LogP) is 4.03. The first-order valence-corrected chi connectivity index (χ1v) is 11.5. The lowest BCUT2D eigenvalue weighted by molar-refractivity contribution is -0.113. The van der Waals surface area contributed by atoms with Crippen LogP contribution in [-0.2, 0) is 4.79 Å². The Balaban J connectivity index is 1.34. The number of nitrogens with zero attached hydrogens (tertiary/aromatic N) is 6. The molecule has 1 aliphatic carbocycles. The molecule has 8 nitrogen and oxygen atoms in total. The van der Waals surface area contributed by atoms with Gasteiger partial charge in [0.1, 0.15) is 17.3 Å². The van der Waals surface area contributed by atoms with Gasteiger partial charge >= 0.3 is 0 Å². The van der Waals surface area contributed by atoms with Gasteiger partial charge in [0, 0.05) is 17.1 Å². The molecule has 0 atom stereocenters. The van der Waals surface area contributed by atoms with E-state index in [1.807, 2.05) is 20.7 Å². The van der Waals surface area contributed by atoms with Crippen molar-refractivity contribution in [2.45, 2.75) is 36.9 Å². The van der Waals surface area contributed by atoms with Crippen molar-refractivity contribution < 1.29 is 9.18 Å². The van der Waals surface area contributed by atoms with Gasteiger partial charge in [0.15, 0.2) is 4.96 Å². The fourth-order valence-corrected chi connectivity index (χ4v) is 5.13. The second-order valence-electron chi connectivity index (χ2n) is 7.05. The topological polar surface area (TPSA) is 90.0 Å². The fraction of sp³-hybridized carbons (Fsp3) is 0.316. The molecule has 0 bridgehead atoms. The standard InChI is InChI=1S/C19H18FN7OS2/c20-13-7-5-12(6-8-13)16-17(26-9-10-29-18(26)22-16)21-15(28)11-30-19-23-24-25-27(19)14-3-1-2-4-14/h5-10,14H,1-4,11H2,(H,21,28). The SMILES string of the molecule is O=C(CSc1nnnn1C1CCCC1)Nc1c(-c2ccc(F)cc2)nc2sccn12. The van der Waals surface area contributed by atoms with Crippen molar-refractivity contribution in [3.63, 3.8) is 0 Å². The zero-order valence-electron chi connectivity index (χ0n) is 15.9. The van der Waals surface area contributed by atoms with Crippen molar-refractivity contribution in [2.24, 2.45) is 0 Å². The molecule has 0 aliphatic heterocycles. The molecule has 0 saturated heterocycles. The van der Waals surface area contributed by atoms with Gasteiger partial charge < -0.3 is 5.32 Å². The van der Waals surface area contributed by atoms with Crippen LogP contribution in [0.2, 0.25) is 0 Å². The zero-order valence-corrected chi connectivity index (χ0v) is 17.5. The molecule has 0 spiro atoms. The van der Waals surface area contributed by atoms with Crippen LogP contribution >= 0.6 is 23.1 Å². The number of hydrogen-bond donors (Lipinski definition) is 1. The minimum atomic E-state index is -0.318. The number of benzene rings is 1. The first-order valence-electron chi connectivity index (χ1n) is 9.61. The van der Waals surface area contributed by atoms with Crippen molar-refractivity contribution in [1.82, 2.24) is 29.6 Å². The predicted molar refractivity (Wildman–Crippen MR) is 113 cm³/mol. The molecule has 30 heavy (non-hydrogen) atoms. The first-order chi connectivity index (χ1) is 14.7. The number of anilines is 1. The maximum absolute atomic E-state index is 13.3. The quantitative estimate of drug-likeness (QED) is 0.453. The molecule has 3 aromatic heterocycles. The largest absolute Gasteiger partial charge is 0.309 e. The summed E-state index contributed by atoms with van der Waals surface area (Å²) in [5, 5.41) is 17.5. The average molecular weight is 444 g/mol. The summed E-state index contributed by atoms with van der Waals surface area (Å²) in [7, 11) is 0. The second kappa shape index (κ2) is 8.15. The van der Waals surface area contributed by atoms with Gasteiger partial charge in [0.05, 0.1) is 11.8 Å². The number of amides is 1. The van der Waals surface area contributed by atoms with Crippen molar-refractivity contribution in [1.29, 1.82) is 0 Å². The van der Waals surface area contributed by atoms with E-state index in [9.17, 15) is 9.18 Å². The van der Waals surface area contributed by atoms with Gasteiger partial charge in [0.25, 0.3) is 0 Å². The molecular weight excluding hydrogens is 425 g/mol. The molecule has 1 fully saturated rings. The molecule has 1 N–H and O–H groups in total. The number of halogens is 1. The third kappa shape index (κ3) is 3.70. The Morgan fingerprint density at radius 3 is 2.87 bits per heavy atom.